The fraction of sp³-hybridized carbons (Fsp3) is 0.105. The number of hydrogen-bond donors (Lipinski definition) is 0. The molecule has 3 aromatic rings. The minimum Gasteiger partial charge on any atom is -0.493 e. The van der Waals surface area contributed by atoms with Crippen LogP contribution in [0.2, 0.25) is 0 Å². The van der Waals surface area contributed by atoms with Gasteiger partial charge in [0.25, 0.3) is 0 Å². The van der Waals surface area contributed by atoms with Gasteiger partial charge in [-0.05, 0) is 24.3 Å². The number of carbonyl (C=O) groups is 1. The van der Waals surface area contributed by atoms with E-state index >= 15 is 0 Å². The summed E-state index contributed by atoms with van der Waals surface area (Å²) in [7, 11) is 2.88. The van der Waals surface area contributed by atoms with Gasteiger partial charge < -0.3 is 14.2 Å². The molecule has 26 heavy (non-hydrogen) atoms. The Morgan fingerprint density at radius 3 is 2.42 bits per heavy atom. The Hall–Kier alpha value is -3.79. The van der Waals surface area contributed by atoms with E-state index in [2.05, 4.69) is 5.10 Å². The van der Waals surface area contributed by atoms with Gasteiger partial charge in [-0.15, -0.1) is 0 Å². The molecule has 1 aromatic heterocycles. The molecule has 3 rings (SSSR count). The van der Waals surface area contributed by atoms with Crippen LogP contribution in [0.25, 0.3) is 5.69 Å². The molecule has 130 valence electrons. The van der Waals surface area contributed by atoms with Gasteiger partial charge in [0.15, 0.2) is 17.2 Å². The predicted molar refractivity (Wildman–Crippen MR) is 92.8 cm³/mol. The summed E-state index contributed by atoms with van der Waals surface area (Å²) in [6.07, 6.45) is 1.60. The monoisotopic (exact) mass is 349 g/mol. The Labute approximate surface area is 150 Å². The van der Waals surface area contributed by atoms with Crippen molar-refractivity contribution in [1.29, 1.82) is 5.26 Å². The first kappa shape index (κ1) is 17.0. The number of hydrogen-bond acceptors (Lipinski definition) is 6. The zero-order chi connectivity index (χ0) is 18.5. The number of methoxy groups -OCH3 is 2. The molecule has 2 aromatic carbocycles. The first-order valence-corrected chi connectivity index (χ1v) is 7.65. The number of esters is 1. The van der Waals surface area contributed by atoms with Gasteiger partial charge >= 0.3 is 5.97 Å². The molecule has 1 heterocycles. The van der Waals surface area contributed by atoms with Crippen LogP contribution >= 0.6 is 0 Å². The molecule has 0 aliphatic rings. The Bertz CT molecular complexity index is 974. The van der Waals surface area contributed by atoms with E-state index in [1.807, 2.05) is 36.4 Å². The lowest BCUT2D eigenvalue weighted by Crippen LogP contribution is -2.12. The number of rotatable bonds is 5. The maximum Gasteiger partial charge on any atom is 0.368 e. The van der Waals surface area contributed by atoms with Gasteiger partial charge in [-0.2, -0.15) is 10.4 Å². The Kier molecular flexibility index (Phi) is 4.85. The zero-order valence-electron chi connectivity index (χ0n) is 14.2. The van der Waals surface area contributed by atoms with E-state index in [1.165, 1.54) is 37.1 Å². The van der Waals surface area contributed by atoms with Gasteiger partial charge in [0, 0.05) is 6.07 Å². The van der Waals surface area contributed by atoms with Crippen molar-refractivity contribution in [3.8, 4) is 29.0 Å². The molecule has 7 nitrogen and oxygen atoms in total. The third-order valence-electron chi connectivity index (χ3n) is 3.61. The molecule has 0 aliphatic heterocycles. The Morgan fingerprint density at radius 2 is 1.77 bits per heavy atom. The summed E-state index contributed by atoms with van der Waals surface area (Å²) >= 11 is 0. The van der Waals surface area contributed by atoms with Gasteiger partial charge in [0.05, 0.1) is 37.7 Å². The third-order valence-corrected chi connectivity index (χ3v) is 3.61. The van der Waals surface area contributed by atoms with Crippen LogP contribution in [-0.4, -0.2) is 30.0 Å². The second-order valence-electron chi connectivity index (χ2n) is 5.19. The quantitative estimate of drug-likeness (QED) is 0.520. The normalized spacial score (nSPS) is 10.0. The number of para-hydroxylation sites is 1. The largest absolute Gasteiger partial charge is 0.493 e. The van der Waals surface area contributed by atoms with Crippen molar-refractivity contribution in [2.75, 3.05) is 14.2 Å². The standard InChI is InChI=1S/C19H15N3O4/c1-24-16-10-13(11-20)8-9-15(16)26-19(23)18-17(25-2)12-22(21-18)14-6-4-3-5-7-14/h3-10,12H,1-2H3. The second-order valence-corrected chi connectivity index (χ2v) is 5.19. The van der Waals surface area contributed by atoms with Crippen molar-refractivity contribution in [1.82, 2.24) is 9.78 Å². The number of ether oxygens (including phenoxy) is 3. The molecule has 0 unspecified atom stereocenters. The molecular formula is C19H15N3O4. The summed E-state index contributed by atoms with van der Waals surface area (Å²) in [5, 5.41) is 13.2. The summed E-state index contributed by atoms with van der Waals surface area (Å²) in [6.45, 7) is 0. The number of nitrogens with zero attached hydrogens (tertiary/aromatic N) is 3. The zero-order valence-corrected chi connectivity index (χ0v) is 14.2. The predicted octanol–water partition coefficient (Wildman–Crippen LogP) is 2.98. The highest BCUT2D eigenvalue weighted by Crippen LogP contribution is 2.29. The Morgan fingerprint density at radius 1 is 1.04 bits per heavy atom. The van der Waals surface area contributed by atoms with E-state index in [9.17, 15) is 4.79 Å². The maximum absolute atomic E-state index is 12.6. The summed E-state index contributed by atoms with van der Waals surface area (Å²) in [6, 6.07) is 15.8. The van der Waals surface area contributed by atoms with E-state index < -0.39 is 5.97 Å². The molecule has 0 saturated carbocycles. The van der Waals surface area contributed by atoms with Crippen LogP contribution in [0.15, 0.2) is 54.7 Å². The highest BCUT2D eigenvalue weighted by Gasteiger charge is 2.22. The maximum atomic E-state index is 12.6. The van der Waals surface area contributed by atoms with E-state index in [4.69, 9.17) is 19.5 Å². The number of aromatic nitrogens is 2. The molecule has 0 amide bonds. The van der Waals surface area contributed by atoms with Crippen molar-refractivity contribution in [2.45, 2.75) is 0 Å². The molecule has 0 radical (unpaired) electrons. The molecule has 0 aliphatic carbocycles. The molecule has 0 bridgehead atoms. The van der Waals surface area contributed by atoms with E-state index in [1.54, 1.807) is 6.20 Å². The highest BCUT2D eigenvalue weighted by atomic mass is 16.6. The molecule has 0 fully saturated rings. The molecule has 0 spiro atoms. The minimum atomic E-state index is -0.695. The summed E-state index contributed by atoms with van der Waals surface area (Å²) in [5.74, 6) is 0.0534. The Balaban J connectivity index is 1.91. The second kappa shape index (κ2) is 7.40. The van der Waals surface area contributed by atoms with Crippen molar-refractivity contribution < 1.29 is 19.0 Å². The van der Waals surface area contributed by atoms with E-state index in [0.717, 1.165) is 5.69 Å². The topological polar surface area (TPSA) is 86.4 Å². The number of benzene rings is 2. The van der Waals surface area contributed by atoms with Crippen LogP contribution in [0.1, 0.15) is 16.1 Å². The van der Waals surface area contributed by atoms with Gasteiger partial charge in [0.2, 0.25) is 5.69 Å². The third kappa shape index (κ3) is 3.35. The van der Waals surface area contributed by atoms with Gasteiger partial charge in [0.1, 0.15) is 0 Å². The van der Waals surface area contributed by atoms with Gasteiger partial charge in [-0.1, -0.05) is 18.2 Å². The summed E-state index contributed by atoms with van der Waals surface area (Å²) < 4.78 is 17.3. The first-order chi connectivity index (χ1) is 12.7. The number of carbonyl (C=O) groups excluding carboxylic acids is 1. The molecule has 0 saturated heterocycles. The molecule has 0 N–H and O–H groups in total. The molecular weight excluding hydrogens is 334 g/mol. The summed E-state index contributed by atoms with van der Waals surface area (Å²) in [4.78, 5) is 12.6. The van der Waals surface area contributed by atoms with Crippen molar-refractivity contribution in [2.24, 2.45) is 0 Å². The highest BCUT2D eigenvalue weighted by molar-refractivity contribution is 5.92. The van der Waals surface area contributed by atoms with Gasteiger partial charge in [-0.3, -0.25) is 0 Å². The van der Waals surface area contributed by atoms with Crippen molar-refractivity contribution in [3.05, 3.63) is 66.0 Å². The van der Waals surface area contributed by atoms with Crippen LogP contribution in [0.3, 0.4) is 0 Å². The van der Waals surface area contributed by atoms with Crippen molar-refractivity contribution >= 4 is 5.97 Å². The lowest BCUT2D eigenvalue weighted by atomic mass is 10.2. The fourth-order valence-corrected chi connectivity index (χ4v) is 2.33. The average Bonchev–Trinajstić information content (AvgIpc) is 3.13. The summed E-state index contributed by atoms with van der Waals surface area (Å²) in [5.41, 5.74) is 1.20. The van der Waals surface area contributed by atoms with Crippen LogP contribution < -0.4 is 14.2 Å². The first-order valence-electron chi connectivity index (χ1n) is 7.65. The van der Waals surface area contributed by atoms with Crippen LogP contribution in [0.5, 0.6) is 17.2 Å². The van der Waals surface area contributed by atoms with E-state index in [-0.39, 0.29) is 22.9 Å². The van der Waals surface area contributed by atoms with Crippen LogP contribution in [-0.2, 0) is 0 Å². The SMILES string of the molecule is COc1cc(C#N)ccc1OC(=O)c1nn(-c2ccccc2)cc1OC. The lowest BCUT2D eigenvalue weighted by Gasteiger charge is -2.08. The molecule has 0 atom stereocenters. The molecule has 7 heteroatoms. The van der Waals surface area contributed by atoms with E-state index in [0.29, 0.717) is 5.56 Å². The van der Waals surface area contributed by atoms with Gasteiger partial charge in [-0.25, -0.2) is 9.48 Å². The number of nitriles is 1. The smallest absolute Gasteiger partial charge is 0.368 e. The average molecular weight is 349 g/mol. The van der Waals surface area contributed by atoms with Crippen LogP contribution in [0, 0.1) is 11.3 Å². The fourth-order valence-electron chi connectivity index (χ4n) is 2.33. The van der Waals surface area contributed by atoms with Crippen molar-refractivity contribution in [3.63, 3.8) is 0 Å². The lowest BCUT2D eigenvalue weighted by molar-refractivity contribution is 0.0719. The minimum absolute atomic E-state index is 0.0303. The van der Waals surface area contributed by atoms with Crippen LogP contribution in [0.4, 0.5) is 0 Å².